The quantitative estimate of drug-likeness (QED) is 0.185. The molecule has 0 aliphatic heterocycles. The Balaban J connectivity index is -0.0000000233. The van der Waals surface area contributed by atoms with Crippen LogP contribution in [0.3, 0.4) is 0 Å². The molecule has 8 heteroatoms. The van der Waals surface area contributed by atoms with Crippen molar-refractivity contribution in [1.82, 2.24) is 6.15 Å². The van der Waals surface area contributed by atoms with Gasteiger partial charge in [0.2, 0.25) is 0 Å². The van der Waals surface area contributed by atoms with Crippen molar-refractivity contribution < 1.29 is 32.7 Å². The van der Waals surface area contributed by atoms with Gasteiger partial charge in [-0.05, 0) is 0 Å². The summed E-state index contributed by atoms with van der Waals surface area (Å²) in [6.45, 7) is 0. The SMILES string of the molecule is N.N#CS.O=[N+]([O-])O.[Ag]. The van der Waals surface area contributed by atoms with E-state index in [1.54, 1.807) is 0 Å². The first-order valence-electron chi connectivity index (χ1n) is 1.01. The number of thiocyanates is 1. The van der Waals surface area contributed by atoms with E-state index >= 15 is 0 Å². The fourth-order valence-corrected chi connectivity index (χ4v) is 0. The number of thiol groups is 1. The molecule has 6 nitrogen and oxygen atoms in total. The van der Waals surface area contributed by atoms with Gasteiger partial charge in [0.25, 0.3) is 5.09 Å². The van der Waals surface area contributed by atoms with Crippen LogP contribution in [0, 0.1) is 20.8 Å². The van der Waals surface area contributed by atoms with Gasteiger partial charge in [-0.25, -0.2) is 0 Å². The van der Waals surface area contributed by atoms with Crippen molar-refractivity contribution in [2.75, 3.05) is 0 Å². The monoisotopic (exact) mass is 246 g/mol. The zero-order chi connectivity index (χ0) is 6.28. The van der Waals surface area contributed by atoms with Gasteiger partial charge in [0.15, 0.2) is 0 Å². The first-order valence-corrected chi connectivity index (χ1v) is 1.46. The summed E-state index contributed by atoms with van der Waals surface area (Å²) in [6.07, 6.45) is 0. The first kappa shape index (κ1) is 23.3. The number of rotatable bonds is 0. The maximum atomic E-state index is 8.36. The van der Waals surface area contributed by atoms with Crippen molar-refractivity contribution in [3.8, 4) is 5.40 Å². The van der Waals surface area contributed by atoms with Gasteiger partial charge in [-0.1, -0.05) is 12.6 Å². The summed E-state index contributed by atoms with van der Waals surface area (Å²) >= 11 is 3.09. The Morgan fingerprint density at radius 2 is 1.78 bits per heavy atom. The van der Waals surface area contributed by atoms with Crippen molar-refractivity contribution in [3.63, 3.8) is 0 Å². The summed E-state index contributed by atoms with van der Waals surface area (Å²) in [5.41, 5.74) is 0. The molecule has 0 aliphatic carbocycles. The molecule has 0 aliphatic rings. The molecule has 0 aromatic heterocycles. The molecule has 0 aromatic carbocycles. The van der Waals surface area contributed by atoms with Crippen LogP contribution in [0.15, 0.2) is 0 Å². The molecule has 0 fully saturated rings. The van der Waals surface area contributed by atoms with Crippen molar-refractivity contribution in [3.05, 3.63) is 10.1 Å². The molecule has 0 spiro atoms. The second-order valence-corrected chi connectivity index (χ2v) is 0.538. The van der Waals surface area contributed by atoms with Crippen LogP contribution >= 0.6 is 12.6 Å². The molecule has 0 unspecified atom stereocenters. The maximum absolute atomic E-state index is 8.36. The number of hydrogen-bond donors (Lipinski definition) is 3. The molecule has 0 amide bonds. The minimum atomic E-state index is -1.50. The predicted octanol–water partition coefficient (Wildman–Crippen LogP) is 0.209. The van der Waals surface area contributed by atoms with Crippen LogP contribution in [0.2, 0.25) is 0 Å². The van der Waals surface area contributed by atoms with Crippen molar-refractivity contribution in [1.29, 1.82) is 5.26 Å². The van der Waals surface area contributed by atoms with Crippen LogP contribution in [0.25, 0.3) is 0 Å². The standard InChI is InChI=1S/CHNS.Ag.HNO3.H3N/c2-1-3;;2-1(3)4;/h3H;;(H,2,3,4);1H3. The Kier molecular flexibility index (Phi) is 65.1. The third-order valence-electron chi connectivity index (χ3n) is 0. The van der Waals surface area contributed by atoms with Gasteiger partial charge in [-0.15, -0.1) is 10.1 Å². The molecule has 9 heavy (non-hydrogen) atoms. The van der Waals surface area contributed by atoms with E-state index in [2.05, 4.69) is 12.6 Å². The Hall–Kier alpha value is -0.260. The van der Waals surface area contributed by atoms with Crippen LogP contribution in [-0.4, -0.2) is 10.3 Å². The molecular formula is CH5AgN3O3S. The molecule has 0 saturated carbocycles. The van der Waals surface area contributed by atoms with E-state index in [9.17, 15) is 0 Å². The Morgan fingerprint density at radius 3 is 1.78 bits per heavy atom. The van der Waals surface area contributed by atoms with Gasteiger partial charge in [0.05, 0.1) is 0 Å². The molecule has 0 rings (SSSR count). The number of hydrogen-bond acceptors (Lipinski definition) is 5. The summed E-state index contributed by atoms with van der Waals surface area (Å²) in [5, 5.41) is 22.3. The second-order valence-electron chi connectivity index (χ2n) is 0.338. The van der Waals surface area contributed by atoms with E-state index in [0.717, 1.165) is 0 Å². The van der Waals surface area contributed by atoms with Gasteiger partial charge in [0.1, 0.15) is 5.40 Å². The molecule has 4 N–H and O–H groups in total. The van der Waals surface area contributed by atoms with E-state index in [0.29, 0.717) is 0 Å². The molecule has 0 aromatic rings. The molecule has 59 valence electrons. The minimum absolute atomic E-state index is 0. The first-order chi connectivity index (χ1) is 3.15. The minimum Gasteiger partial charge on any atom is -0.344 e. The van der Waals surface area contributed by atoms with Crippen LogP contribution in [0.5, 0.6) is 0 Å². The Morgan fingerprint density at radius 1 is 1.78 bits per heavy atom. The number of nitriles is 1. The molecule has 0 saturated heterocycles. The zero-order valence-corrected chi connectivity index (χ0v) is 6.49. The zero-order valence-electron chi connectivity index (χ0n) is 4.11. The smallest absolute Gasteiger partial charge is 0.291 e. The average molecular weight is 247 g/mol. The third-order valence-corrected chi connectivity index (χ3v) is 0. The fraction of sp³-hybridized carbons (Fsp3) is 0. The maximum Gasteiger partial charge on any atom is 0.291 e. The molecule has 1 radical (unpaired) electrons. The third kappa shape index (κ3) is 3780. The van der Waals surface area contributed by atoms with E-state index in [1.807, 2.05) is 0 Å². The van der Waals surface area contributed by atoms with E-state index < -0.39 is 5.09 Å². The van der Waals surface area contributed by atoms with Gasteiger partial charge < -0.3 is 11.4 Å². The van der Waals surface area contributed by atoms with Crippen LogP contribution in [0.1, 0.15) is 0 Å². The van der Waals surface area contributed by atoms with Crippen molar-refractivity contribution in [2.45, 2.75) is 0 Å². The largest absolute Gasteiger partial charge is 0.344 e. The van der Waals surface area contributed by atoms with Crippen LogP contribution in [-0.2, 0) is 22.4 Å². The van der Waals surface area contributed by atoms with E-state index in [-0.39, 0.29) is 28.5 Å². The van der Waals surface area contributed by atoms with Gasteiger partial charge in [-0.3, -0.25) is 0 Å². The molecule has 0 bridgehead atoms. The van der Waals surface area contributed by atoms with E-state index in [1.165, 1.54) is 5.40 Å². The Bertz CT molecular complexity index is 87.5. The molecular weight excluding hydrogens is 242 g/mol. The van der Waals surface area contributed by atoms with Gasteiger partial charge in [-0.2, -0.15) is 5.26 Å². The fourth-order valence-electron chi connectivity index (χ4n) is 0. The summed E-state index contributed by atoms with van der Waals surface area (Å²) < 4.78 is 0. The Labute approximate surface area is 72.5 Å². The van der Waals surface area contributed by atoms with E-state index in [4.69, 9.17) is 20.6 Å². The van der Waals surface area contributed by atoms with Gasteiger partial charge in [0, 0.05) is 22.4 Å². The van der Waals surface area contributed by atoms with Crippen molar-refractivity contribution >= 4 is 12.6 Å². The average Bonchev–Trinajstić information content (AvgIpc) is 1.33. The molecule has 0 heterocycles. The second kappa shape index (κ2) is 25.1. The normalized spacial score (nSPS) is 3.56. The van der Waals surface area contributed by atoms with Crippen LogP contribution < -0.4 is 6.15 Å². The van der Waals surface area contributed by atoms with Gasteiger partial charge >= 0.3 is 0 Å². The summed E-state index contributed by atoms with van der Waals surface area (Å²) in [7, 11) is 0. The summed E-state index contributed by atoms with van der Waals surface area (Å²) in [5.74, 6) is 0. The number of nitrogens with zero attached hydrogens (tertiary/aromatic N) is 2. The van der Waals surface area contributed by atoms with Crippen molar-refractivity contribution in [2.24, 2.45) is 0 Å². The van der Waals surface area contributed by atoms with Crippen LogP contribution in [0.4, 0.5) is 0 Å². The summed E-state index contributed by atoms with van der Waals surface area (Å²) in [4.78, 5) is 8.36. The topological polar surface area (TPSA) is 122 Å². The molecule has 0 atom stereocenters. The predicted molar refractivity (Wildman–Crippen MR) is 28.4 cm³/mol. The summed E-state index contributed by atoms with van der Waals surface area (Å²) in [6, 6.07) is 0.